The lowest BCUT2D eigenvalue weighted by Crippen LogP contribution is -2.03. The number of hydrogen-bond acceptors (Lipinski definition) is 3. The van der Waals surface area contributed by atoms with Crippen molar-refractivity contribution in [3.8, 4) is 5.69 Å². The van der Waals surface area contributed by atoms with Crippen molar-refractivity contribution in [3.05, 3.63) is 35.3 Å². The molecular weight excluding hydrogens is 219 g/mol. The molecule has 3 rings (SSSR count). The summed E-state index contributed by atoms with van der Waals surface area (Å²) in [6.07, 6.45) is 2.25. The number of aryl methyl sites for hydroxylation is 1. The summed E-state index contributed by atoms with van der Waals surface area (Å²) >= 11 is 0. The van der Waals surface area contributed by atoms with Gasteiger partial charge in [-0.3, -0.25) is 0 Å². The zero-order chi connectivity index (χ0) is 12.0. The lowest BCUT2D eigenvalue weighted by molar-refractivity contribution is 0.617. The lowest BCUT2D eigenvalue weighted by Gasteiger charge is -2.07. The fourth-order valence-corrected chi connectivity index (χ4v) is 1.99. The monoisotopic (exact) mass is 232 g/mol. The van der Waals surface area contributed by atoms with Crippen LogP contribution >= 0.6 is 0 Å². The van der Waals surface area contributed by atoms with Crippen molar-refractivity contribution in [2.24, 2.45) is 0 Å². The predicted molar refractivity (Wildman–Crippen MR) is 62.4 cm³/mol. The molecular formula is C12H13FN4. The Morgan fingerprint density at radius 3 is 2.82 bits per heavy atom. The first-order chi connectivity index (χ1) is 8.16. The summed E-state index contributed by atoms with van der Waals surface area (Å²) in [5.74, 6) is 0.722. The lowest BCUT2D eigenvalue weighted by atomic mass is 10.2. The highest BCUT2D eigenvalue weighted by Crippen LogP contribution is 2.42. The standard InChI is InChI=1S/C12H13FN4/c1-7-6-9(4-5-10(7)13)17-11(8-2-3-8)12(14)15-16-17/h4-6,8H,2-3,14H2,1H3. The van der Waals surface area contributed by atoms with Crippen molar-refractivity contribution in [1.82, 2.24) is 15.0 Å². The summed E-state index contributed by atoms with van der Waals surface area (Å²) in [7, 11) is 0. The van der Waals surface area contributed by atoms with E-state index in [2.05, 4.69) is 10.3 Å². The van der Waals surface area contributed by atoms with E-state index in [1.165, 1.54) is 6.07 Å². The fourth-order valence-electron chi connectivity index (χ4n) is 1.99. The molecule has 0 bridgehead atoms. The van der Waals surface area contributed by atoms with E-state index in [0.29, 0.717) is 17.3 Å². The number of hydrogen-bond donors (Lipinski definition) is 1. The number of rotatable bonds is 2. The molecule has 0 amide bonds. The molecule has 0 spiro atoms. The summed E-state index contributed by atoms with van der Waals surface area (Å²) in [5, 5.41) is 7.94. The summed E-state index contributed by atoms with van der Waals surface area (Å²) < 4.78 is 14.9. The maximum absolute atomic E-state index is 13.2. The molecule has 0 radical (unpaired) electrons. The highest BCUT2D eigenvalue weighted by molar-refractivity contribution is 5.45. The number of benzene rings is 1. The molecule has 17 heavy (non-hydrogen) atoms. The molecule has 0 saturated heterocycles. The maximum atomic E-state index is 13.2. The van der Waals surface area contributed by atoms with Gasteiger partial charge in [0.25, 0.3) is 0 Å². The first kappa shape index (κ1) is 10.3. The summed E-state index contributed by atoms with van der Waals surface area (Å²) in [6, 6.07) is 4.90. The van der Waals surface area contributed by atoms with E-state index in [1.807, 2.05) is 0 Å². The quantitative estimate of drug-likeness (QED) is 0.863. The molecule has 1 fully saturated rings. The highest BCUT2D eigenvalue weighted by atomic mass is 19.1. The number of halogens is 1. The van der Waals surface area contributed by atoms with E-state index in [9.17, 15) is 4.39 Å². The highest BCUT2D eigenvalue weighted by Gasteiger charge is 2.31. The van der Waals surface area contributed by atoms with E-state index in [4.69, 9.17) is 5.73 Å². The normalized spacial score (nSPS) is 15.2. The Morgan fingerprint density at radius 2 is 2.18 bits per heavy atom. The number of nitrogens with zero attached hydrogens (tertiary/aromatic N) is 3. The first-order valence-corrected chi connectivity index (χ1v) is 5.64. The molecule has 4 nitrogen and oxygen atoms in total. The number of nitrogen functional groups attached to an aromatic ring is 1. The average molecular weight is 232 g/mol. The van der Waals surface area contributed by atoms with Crippen LogP contribution in [0.3, 0.4) is 0 Å². The van der Waals surface area contributed by atoms with Gasteiger partial charge in [-0.05, 0) is 43.5 Å². The van der Waals surface area contributed by atoms with Crippen LogP contribution < -0.4 is 5.73 Å². The zero-order valence-electron chi connectivity index (χ0n) is 9.52. The predicted octanol–water partition coefficient (Wildman–Crippen LogP) is 2.17. The largest absolute Gasteiger partial charge is 0.381 e. The smallest absolute Gasteiger partial charge is 0.169 e. The summed E-state index contributed by atoms with van der Waals surface area (Å²) in [6.45, 7) is 1.73. The Labute approximate surface area is 98.2 Å². The molecule has 1 saturated carbocycles. The van der Waals surface area contributed by atoms with Crippen LogP contribution in [0.2, 0.25) is 0 Å². The number of nitrogens with two attached hydrogens (primary N) is 1. The molecule has 0 atom stereocenters. The van der Waals surface area contributed by atoms with Crippen LogP contribution in [0.1, 0.15) is 30.0 Å². The van der Waals surface area contributed by atoms with Gasteiger partial charge < -0.3 is 5.73 Å². The Bertz CT molecular complexity index is 572. The van der Waals surface area contributed by atoms with Crippen molar-refractivity contribution in [2.75, 3.05) is 5.73 Å². The summed E-state index contributed by atoms with van der Waals surface area (Å²) in [4.78, 5) is 0. The number of aromatic nitrogens is 3. The topological polar surface area (TPSA) is 56.7 Å². The molecule has 0 unspecified atom stereocenters. The molecule has 88 valence electrons. The third-order valence-electron chi connectivity index (χ3n) is 3.08. The van der Waals surface area contributed by atoms with Crippen LogP contribution in [-0.2, 0) is 0 Å². The zero-order valence-corrected chi connectivity index (χ0v) is 9.52. The van der Waals surface area contributed by atoms with Gasteiger partial charge in [-0.2, -0.15) is 0 Å². The second-order valence-corrected chi connectivity index (χ2v) is 4.48. The molecule has 1 aromatic carbocycles. The molecule has 1 heterocycles. The second-order valence-electron chi connectivity index (χ2n) is 4.48. The van der Waals surface area contributed by atoms with Crippen LogP contribution in [-0.4, -0.2) is 15.0 Å². The van der Waals surface area contributed by atoms with Crippen molar-refractivity contribution in [3.63, 3.8) is 0 Å². The molecule has 1 aliphatic rings. The van der Waals surface area contributed by atoms with Gasteiger partial charge >= 0.3 is 0 Å². The van der Waals surface area contributed by atoms with Crippen LogP contribution in [0.5, 0.6) is 0 Å². The van der Waals surface area contributed by atoms with Gasteiger partial charge in [0.15, 0.2) is 5.82 Å². The van der Waals surface area contributed by atoms with Gasteiger partial charge in [0.2, 0.25) is 0 Å². The Hall–Kier alpha value is -1.91. The molecule has 1 aliphatic carbocycles. The Morgan fingerprint density at radius 1 is 1.41 bits per heavy atom. The van der Waals surface area contributed by atoms with Crippen LogP contribution in [0.4, 0.5) is 10.2 Å². The van der Waals surface area contributed by atoms with Crippen LogP contribution in [0.25, 0.3) is 5.69 Å². The third kappa shape index (κ3) is 1.67. The molecule has 0 aliphatic heterocycles. The van der Waals surface area contributed by atoms with Gasteiger partial charge in [0.05, 0.1) is 11.4 Å². The fraction of sp³-hybridized carbons (Fsp3) is 0.333. The van der Waals surface area contributed by atoms with Gasteiger partial charge in [0, 0.05) is 5.92 Å². The average Bonchev–Trinajstić information content (AvgIpc) is 3.06. The molecule has 2 aromatic rings. The minimum Gasteiger partial charge on any atom is -0.381 e. The van der Waals surface area contributed by atoms with E-state index < -0.39 is 0 Å². The minimum absolute atomic E-state index is 0.213. The van der Waals surface area contributed by atoms with Crippen LogP contribution in [0, 0.1) is 12.7 Å². The minimum atomic E-state index is -0.213. The maximum Gasteiger partial charge on any atom is 0.169 e. The van der Waals surface area contributed by atoms with Crippen molar-refractivity contribution < 1.29 is 4.39 Å². The Balaban J connectivity index is 2.11. The van der Waals surface area contributed by atoms with Crippen molar-refractivity contribution >= 4 is 5.82 Å². The molecule has 5 heteroatoms. The van der Waals surface area contributed by atoms with E-state index >= 15 is 0 Å². The van der Waals surface area contributed by atoms with Gasteiger partial charge in [-0.1, -0.05) is 5.21 Å². The molecule has 1 aromatic heterocycles. The third-order valence-corrected chi connectivity index (χ3v) is 3.08. The van der Waals surface area contributed by atoms with Crippen LogP contribution in [0.15, 0.2) is 18.2 Å². The van der Waals surface area contributed by atoms with E-state index in [-0.39, 0.29) is 5.82 Å². The first-order valence-electron chi connectivity index (χ1n) is 5.64. The number of anilines is 1. The van der Waals surface area contributed by atoms with E-state index in [0.717, 1.165) is 24.2 Å². The van der Waals surface area contributed by atoms with Gasteiger partial charge in [-0.15, -0.1) is 5.10 Å². The van der Waals surface area contributed by atoms with E-state index in [1.54, 1.807) is 23.7 Å². The second kappa shape index (κ2) is 3.55. The van der Waals surface area contributed by atoms with Gasteiger partial charge in [0.1, 0.15) is 5.82 Å². The Kier molecular flexibility index (Phi) is 2.14. The van der Waals surface area contributed by atoms with Crippen molar-refractivity contribution in [1.29, 1.82) is 0 Å². The van der Waals surface area contributed by atoms with Crippen molar-refractivity contribution in [2.45, 2.75) is 25.7 Å². The van der Waals surface area contributed by atoms with Gasteiger partial charge in [-0.25, -0.2) is 9.07 Å². The molecule has 2 N–H and O–H groups in total. The SMILES string of the molecule is Cc1cc(-n2nnc(N)c2C2CC2)ccc1F. The summed E-state index contributed by atoms with van der Waals surface area (Å²) in [5.41, 5.74) is 8.18.